The van der Waals surface area contributed by atoms with Crippen LogP contribution in [-0.2, 0) is 15.7 Å². The smallest absolute Gasteiger partial charge is 0.416 e. The molecule has 2 aromatic rings. The highest BCUT2D eigenvalue weighted by molar-refractivity contribution is 7.13. The maximum absolute atomic E-state index is 12.8. The molecule has 1 amide bonds. The number of alkyl halides is 3. The number of benzene rings is 1. The Balaban J connectivity index is 2.25. The molecule has 0 bridgehead atoms. The van der Waals surface area contributed by atoms with Crippen LogP contribution in [0.3, 0.4) is 0 Å². The number of aliphatic carboxylic acids is 1. The summed E-state index contributed by atoms with van der Waals surface area (Å²) in [6.45, 7) is -0.333. The van der Waals surface area contributed by atoms with Gasteiger partial charge in [0.25, 0.3) is 5.91 Å². The largest absolute Gasteiger partial charge is 0.480 e. The second-order valence-corrected chi connectivity index (χ2v) is 6.09. The number of ether oxygens (including phenoxy) is 1. The van der Waals surface area contributed by atoms with Gasteiger partial charge in [-0.05, 0) is 12.1 Å². The molecule has 1 N–H and O–H groups in total. The predicted octanol–water partition coefficient (Wildman–Crippen LogP) is 3.00. The lowest BCUT2D eigenvalue weighted by Crippen LogP contribution is -2.38. The minimum absolute atomic E-state index is 0.0280. The molecule has 0 fully saturated rings. The standard InChI is InChI=1S/C16H15F3N2O4S/c1-25-6-5-21(8-13(22)23)15(24)12-9-26-14(20-12)10-3-2-4-11(7-10)16(17,18)19/h2-4,7,9H,5-6,8H2,1H3,(H,22,23). The molecular formula is C16H15F3N2O4S. The van der Waals surface area contributed by atoms with Crippen LogP contribution in [0.15, 0.2) is 29.6 Å². The van der Waals surface area contributed by atoms with E-state index in [4.69, 9.17) is 9.84 Å². The third-order valence-electron chi connectivity index (χ3n) is 3.34. The summed E-state index contributed by atoms with van der Waals surface area (Å²) >= 11 is 1.01. The Morgan fingerprint density at radius 2 is 2.08 bits per heavy atom. The van der Waals surface area contributed by atoms with E-state index in [0.717, 1.165) is 28.4 Å². The molecule has 0 aliphatic heterocycles. The fourth-order valence-electron chi connectivity index (χ4n) is 2.11. The minimum atomic E-state index is -4.48. The number of hydrogen-bond donors (Lipinski definition) is 1. The van der Waals surface area contributed by atoms with Gasteiger partial charge in [0, 0.05) is 24.6 Å². The van der Waals surface area contributed by atoms with Crippen molar-refractivity contribution in [1.29, 1.82) is 0 Å². The van der Waals surface area contributed by atoms with Crippen molar-refractivity contribution in [2.24, 2.45) is 0 Å². The first-order valence-electron chi connectivity index (χ1n) is 7.35. The van der Waals surface area contributed by atoms with Crippen LogP contribution in [0.1, 0.15) is 16.1 Å². The van der Waals surface area contributed by atoms with Crippen LogP contribution in [0.2, 0.25) is 0 Å². The Labute approximate surface area is 150 Å². The molecule has 10 heteroatoms. The first-order chi connectivity index (χ1) is 12.2. The zero-order valence-corrected chi connectivity index (χ0v) is 14.4. The van der Waals surface area contributed by atoms with Crippen molar-refractivity contribution in [3.63, 3.8) is 0 Å². The summed E-state index contributed by atoms with van der Waals surface area (Å²) < 4.78 is 43.3. The second kappa shape index (κ2) is 8.28. The Hall–Kier alpha value is -2.46. The number of hydrogen-bond acceptors (Lipinski definition) is 5. The van der Waals surface area contributed by atoms with Crippen LogP contribution < -0.4 is 0 Å². The van der Waals surface area contributed by atoms with E-state index in [1.165, 1.54) is 24.6 Å². The Morgan fingerprint density at radius 3 is 2.69 bits per heavy atom. The van der Waals surface area contributed by atoms with E-state index < -0.39 is 30.2 Å². The molecule has 26 heavy (non-hydrogen) atoms. The molecule has 1 aromatic heterocycles. The second-order valence-electron chi connectivity index (χ2n) is 5.23. The van der Waals surface area contributed by atoms with Gasteiger partial charge in [0.1, 0.15) is 17.2 Å². The summed E-state index contributed by atoms with van der Waals surface area (Å²) in [6.07, 6.45) is -4.48. The monoisotopic (exact) mass is 388 g/mol. The molecule has 0 radical (unpaired) electrons. The van der Waals surface area contributed by atoms with E-state index >= 15 is 0 Å². The molecule has 0 aliphatic rings. The number of carbonyl (C=O) groups excluding carboxylic acids is 1. The van der Waals surface area contributed by atoms with E-state index in [9.17, 15) is 22.8 Å². The van der Waals surface area contributed by atoms with Crippen LogP contribution in [-0.4, -0.2) is 53.7 Å². The van der Waals surface area contributed by atoms with Crippen molar-refractivity contribution >= 4 is 23.2 Å². The Kier molecular flexibility index (Phi) is 6.32. The van der Waals surface area contributed by atoms with Gasteiger partial charge in [-0.25, -0.2) is 4.98 Å². The molecule has 1 heterocycles. The summed E-state index contributed by atoms with van der Waals surface area (Å²) in [5.41, 5.74) is -0.615. The van der Waals surface area contributed by atoms with E-state index in [1.54, 1.807) is 0 Å². The summed E-state index contributed by atoms with van der Waals surface area (Å²) in [5.74, 6) is -1.82. The number of methoxy groups -OCH3 is 1. The Bertz CT molecular complexity index is 792. The number of nitrogens with zero attached hydrogens (tertiary/aromatic N) is 2. The quantitative estimate of drug-likeness (QED) is 0.789. The van der Waals surface area contributed by atoms with Gasteiger partial charge in [-0.2, -0.15) is 13.2 Å². The fraction of sp³-hybridized carbons (Fsp3) is 0.312. The lowest BCUT2D eigenvalue weighted by Gasteiger charge is -2.18. The molecule has 2 rings (SSSR count). The normalized spacial score (nSPS) is 11.4. The van der Waals surface area contributed by atoms with Crippen LogP contribution in [0, 0.1) is 0 Å². The molecule has 1 aromatic carbocycles. The van der Waals surface area contributed by atoms with E-state index in [1.807, 2.05) is 0 Å². The number of thiazole rings is 1. The number of aromatic nitrogens is 1. The lowest BCUT2D eigenvalue weighted by atomic mass is 10.1. The van der Waals surface area contributed by atoms with Gasteiger partial charge in [0.15, 0.2) is 0 Å². The van der Waals surface area contributed by atoms with Gasteiger partial charge < -0.3 is 14.7 Å². The van der Waals surface area contributed by atoms with Crippen LogP contribution in [0.5, 0.6) is 0 Å². The third kappa shape index (κ3) is 5.02. The zero-order valence-electron chi connectivity index (χ0n) is 13.6. The van der Waals surface area contributed by atoms with E-state index in [2.05, 4.69) is 4.98 Å². The van der Waals surface area contributed by atoms with Gasteiger partial charge in [-0.3, -0.25) is 9.59 Å². The maximum Gasteiger partial charge on any atom is 0.416 e. The van der Waals surface area contributed by atoms with Crippen molar-refractivity contribution in [1.82, 2.24) is 9.88 Å². The number of halogens is 3. The van der Waals surface area contributed by atoms with E-state index in [-0.39, 0.29) is 29.4 Å². The average molecular weight is 388 g/mol. The third-order valence-corrected chi connectivity index (χ3v) is 4.23. The fourth-order valence-corrected chi connectivity index (χ4v) is 2.90. The molecule has 0 spiro atoms. The van der Waals surface area contributed by atoms with Crippen LogP contribution in [0.25, 0.3) is 10.6 Å². The average Bonchev–Trinajstić information content (AvgIpc) is 3.07. The van der Waals surface area contributed by atoms with Crippen molar-refractivity contribution in [3.05, 3.63) is 40.9 Å². The number of rotatable bonds is 7. The molecular weight excluding hydrogens is 373 g/mol. The first-order valence-corrected chi connectivity index (χ1v) is 8.23. The summed E-state index contributed by atoms with van der Waals surface area (Å²) in [4.78, 5) is 28.5. The van der Waals surface area contributed by atoms with Gasteiger partial charge in [0.05, 0.1) is 12.2 Å². The van der Waals surface area contributed by atoms with Crippen LogP contribution >= 0.6 is 11.3 Å². The molecule has 140 valence electrons. The van der Waals surface area contributed by atoms with Crippen molar-refractivity contribution < 1.29 is 32.6 Å². The number of carbonyl (C=O) groups is 2. The van der Waals surface area contributed by atoms with Gasteiger partial charge in [-0.1, -0.05) is 12.1 Å². The highest BCUT2D eigenvalue weighted by Crippen LogP contribution is 2.33. The molecule has 6 nitrogen and oxygen atoms in total. The lowest BCUT2D eigenvalue weighted by molar-refractivity contribution is -0.138. The molecule has 0 atom stereocenters. The number of carboxylic acids is 1. The SMILES string of the molecule is COCCN(CC(=O)O)C(=O)c1csc(-c2cccc(C(F)(F)F)c2)n1. The molecule has 0 saturated carbocycles. The van der Waals surface area contributed by atoms with Crippen molar-refractivity contribution in [2.75, 3.05) is 26.8 Å². The van der Waals surface area contributed by atoms with Gasteiger partial charge >= 0.3 is 12.1 Å². The summed E-state index contributed by atoms with van der Waals surface area (Å²) in [7, 11) is 1.41. The van der Waals surface area contributed by atoms with Crippen LogP contribution in [0.4, 0.5) is 13.2 Å². The minimum Gasteiger partial charge on any atom is -0.480 e. The van der Waals surface area contributed by atoms with Gasteiger partial charge in [0.2, 0.25) is 0 Å². The Morgan fingerprint density at radius 1 is 1.35 bits per heavy atom. The summed E-state index contributed by atoms with van der Waals surface area (Å²) in [5, 5.41) is 10.5. The molecule has 0 aliphatic carbocycles. The predicted molar refractivity (Wildman–Crippen MR) is 88.0 cm³/mol. The molecule has 0 unspecified atom stereocenters. The van der Waals surface area contributed by atoms with Crippen molar-refractivity contribution in [3.8, 4) is 10.6 Å². The number of amides is 1. The zero-order chi connectivity index (χ0) is 19.3. The highest BCUT2D eigenvalue weighted by Gasteiger charge is 2.30. The van der Waals surface area contributed by atoms with E-state index in [0.29, 0.717) is 0 Å². The molecule has 0 saturated heterocycles. The first kappa shape index (κ1) is 19.9. The topological polar surface area (TPSA) is 79.7 Å². The maximum atomic E-state index is 12.8. The van der Waals surface area contributed by atoms with Crippen molar-refractivity contribution in [2.45, 2.75) is 6.18 Å². The summed E-state index contributed by atoms with van der Waals surface area (Å²) in [6, 6.07) is 4.62. The number of carboxylic acid groups (broad SMARTS) is 1. The highest BCUT2D eigenvalue weighted by atomic mass is 32.1. The van der Waals surface area contributed by atoms with Gasteiger partial charge in [-0.15, -0.1) is 11.3 Å².